The fourth-order valence-corrected chi connectivity index (χ4v) is 1.82. The quantitative estimate of drug-likeness (QED) is 0.647. The number of hydrogen-bond acceptors (Lipinski definition) is 4. The van der Waals surface area contributed by atoms with Gasteiger partial charge in [0.1, 0.15) is 11.6 Å². The number of carbonyl (C=O) groups excluding carboxylic acids is 1. The van der Waals surface area contributed by atoms with Crippen LogP contribution in [0.5, 0.6) is 11.5 Å². The van der Waals surface area contributed by atoms with Crippen LogP contribution < -0.4 is 10.1 Å². The van der Waals surface area contributed by atoms with Crippen molar-refractivity contribution in [1.29, 1.82) is 5.26 Å². The molecule has 0 radical (unpaired) electrons. The molecule has 0 fully saturated rings. The van der Waals surface area contributed by atoms with Gasteiger partial charge in [0.05, 0.1) is 11.6 Å². The molecule has 1 amide bonds. The third-order valence-electron chi connectivity index (χ3n) is 2.45. The largest absolute Gasteiger partial charge is 0.503 e. The topological polar surface area (TPSA) is 82.3 Å². The molecule has 21 heavy (non-hydrogen) atoms. The van der Waals surface area contributed by atoms with Crippen LogP contribution in [0.4, 0.5) is 0 Å². The van der Waals surface area contributed by atoms with Gasteiger partial charge in [-0.25, -0.2) is 0 Å². The molecule has 0 heterocycles. The summed E-state index contributed by atoms with van der Waals surface area (Å²) < 4.78 is 5.25. The first-order valence-corrected chi connectivity index (χ1v) is 6.84. The molecule has 6 heteroatoms. The van der Waals surface area contributed by atoms with Crippen molar-refractivity contribution >= 4 is 23.6 Å². The van der Waals surface area contributed by atoms with Gasteiger partial charge >= 0.3 is 0 Å². The highest BCUT2D eigenvalue weighted by atomic mass is 35.5. The highest BCUT2D eigenvalue weighted by Gasteiger charge is 2.13. The van der Waals surface area contributed by atoms with Crippen LogP contribution in [0, 0.1) is 11.3 Å². The summed E-state index contributed by atoms with van der Waals surface area (Å²) in [4.78, 5) is 11.8. The van der Waals surface area contributed by atoms with Crippen molar-refractivity contribution in [1.82, 2.24) is 5.32 Å². The van der Waals surface area contributed by atoms with Gasteiger partial charge in [0.2, 0.25) is 0 Å². The maximum atomic E-state index is 11.8. The summed E-state index contributed by atoms with van der Waals surface area (Å²) in [6.07, 6.45) is 1.39. The smallest absolute Gasteiger partial charge is 0.262 e. The number of aromatic hydroxyl groups is 1. The van der Waals surface area contributed by atoms with Crippen molar-refractivity contribution in [2.45, 2.75) is 26.8 Å². The second kappa shape index (κ2) is 7.55. The van der Waals surface area contributed by atoms with Gasteiger partial charge in [-0.2, -0.15) is 5.26 Å². The lowest BCUT2D eigenvalue weighted by Gasteiger charge is -2.09. The lowest BCUT2D eigenvalue weighted by atomic mass is 10.1. The zero-order valence-electron chi connectivity index (χ0n) is 12.1. The molecule has 1 aromatic rings. The first kappa shape index (κ1) is 16.9. The van der Waals surface area contributed by atoms with E-state index >= 15 is 0 Å². The first-order chi connectivity index (χ1) is 9.88. The minimum absolute atomic E-state index is 0.0482. The van der Waals surface area contributed by atoms with Crippen LogP contribution in [0.25, 0.3) is 6.08 Å². The average Bonchev–Trinajstić information content (AvgIpc) is 2.40. The molecule has 1 aromatic carbocycles. The molecule has 0 spiro atoms. The zero-order valence-corrected chi connectivity index (χ0v) is 12.9. The molecule has 0 saturated carbocycles. The van der Waals surface area contributed by atoms with E-state index in [-0.39, 0.29) is 28.1 Å². The molecule has 0 bridgehead atoms. The van der Waals surface area contributed by atoms with E-state index in [1.54, 1.807) is 20.8 Å². The van der Waals surface area contributed by atoms with E-state index in [0.29, 0.717) is 12.2 Å². The molecule has 0 aromatic heterocycles. The van der Waals surface area contributed by atoms with Crippen molar-refractivity contribution in [3.05, 3.63) is 28.3 Å². The van der Waals surface area contributed by atoms with Crippen molar-refractivity contribution in [2.75, 3.05) is 6.61 Å². The predicted octanol–water partition coefficient (Wildman–Crippen LogP) is 2.88. The summed E-state index contributed by atoms with van der Waals surface area (Å²) in [7, 11) is 0. The number of rotatable bonds is 5. The van der Waals surface area contributed by atoms with Gasteiger partial charge in [0.15, 0.2) is 11.5 Å². The summed E-state index contributed by atoms with van der Waals surface area (Å²) in [5, 5.41) is 21.6. The molecule has 0 aliphatic carbocycles. The number of nitrogens with zero attached hydrogens (tertiary/aromatic N) is 1. The minimum atomic E-state index is -0.463. The Hall–Kier alpha value is -2.19. The van der Waals surface area contributed by atoms with Gasteiger partial charge in [-0.15, -0.1) is 0 Å². The number of halogens is 1. The second-order valence-corrected chi connectivity index (χ2v) is 4.99. The maximum Gasteiger partial charge on any atom is 0.262 e. The zero-order chi connectivity index (χ0) is 16.0. The predicted molar refractivity (Wildman–Crippen MR) is 81.2 cm³/mol. The molecule has 2 N–H and O–H groups in total. The van der Waals surface area contributed by atoms with E-state index in [4.69, 9.17) is 21.6 Å². The van der Waals surface area contributed by atoms with Crippen LogP contribution in [-0.2, 0) is 4.79 Å². The standard InChI is InChI=1S/C15H17ClN2O3/c1-4-21-13-7-10(6-12(16)14(13)19)5-11(8-17)15(20)18-9(2)3/h5-7,9,19H,4H2,1-3H3,(H,18,20)/b11-5+. The fraction of sp³-hybridized carbons (Fsp3) is 0.333. The highest BCUT2D eigenvalue weighted by molar-refractivity contribution is 6.32. The Morgan fingerprint density at radius 2 is 2.24 bits per heavy atom. The number of amides is 1. The Balaban J connectivity index is 3.17. The van der Waals surface area contributed by atoms with Gasteiger partial charge in [-0.3, -0.25) is 4.79 Å². The van der Waals surface area contributed by atoms with E-state index < -0.39 is 5.91 Å². The van der Waals surface area contributed by atoms with Gasteiger partial charge < -0.3 is 15.2 Å². The Labute approximate surface area is 128 Å². The fourth-order valence-electron chi connectivity index (χ4n) is 1.60. The Bertz CT molecular complexity index is 604. The summed E-state index contributed by atoms with van der Waals surface area (Å²) in [6.45, 7) is 5.73. The number of phenols is 1. The number of carbonyl (C=O) groups is 1. The summed E-state index contributed by atoms with van der Waals surface area (Å²) in [5.41, 5.74) is 0.449. The van der Waals surface area contributed by atoms with E-state index in [1.807, 2.05) is 6.07 Å². The molecule has 5 nitrogen and oxygen atoms in total. The van der Waals surface area contributed by atoms with Gasteiger partial charge in [-0.05, 0) is 44.5 Å². The summed E-state index contributed by atoms with van der Waals surface area (Å²) in [6, 6.07) is 4.75. The molecule has 0 unspecified atom stereocenters. The Morgan fingerprint density at radius 3 is 2.76 bits per heavy atom. The molecule has 0 saturated heterocycles. The van der Waals surface area contributed by atoms with E-state index in [0.717, 1.165) is 0 Å². The summed E-state index contributed by atoms with van der Waals surface area (Å²) >= 11 is 5.90. The minimum Gasteiger partial charge on any atom is -0.503 e. The molecule has 1 rings (SSSR count). The highest BCUT2D eigenvalue weighted by Crippen LogP contribution is 2.35. The number of ether oxygens (including phenoxy) is 1. The molecule has 0 atom stereocenters. The van der Waals surface area contributed by atoms with Gasteiger partial charge in [-0.1, -0.05) is 11.6 Å². The molecular weight excluding hydrogens is 292 g/mol. The number of nitriles is 1. The first-order valence-electron chi connectivity index (χ1n) is 6.47. The van der Waals surface area contributed by atoms with Crippen LogP contribution in [-0.4, -0.2) is 23.7 Å². The maximum absolute atomic E-state index is 11.8. The molecular formula is C15H17ClN2O3. The number of phenolic OH excluding ortho intramolecular Hbond substituents is 1. The van der Waals surface area contributed by atoms with Crippen LogP contribution in [0.15, 0.2) is 17.7 Å². The van der Waals surface area contributed by atoms with Crippen LogP contribution >= 0.6 is 11.6 Å². The van der Waals surface area contributed by atoms with E-state index in [2.05, 4.69) is 5.32 Å². The van der Waals surface area contributed by atoms with Crippen molar-refractivity contribution < 1.29 is 14.6 Å². The second-order valence-electron chi connectivity index (χ2n) is 4.58. The number of hydrogen-bond donors (Lipinski definition) is 2. The van der Waals surface area contributed by atoms with Crippen molar-refractivity contribution in [3.8, 4) is 17.6 Å². The van der Waals surface area contributed by atoms with Crippen molar-refractivity contribution in [3.63, 3.8) is 0 Å². The SMILES string of the molecule is CCOc1cc(/C=C(\C#N)C(=O)NC(C)C)cc(Cl)c1O. The Kier molecular flexibility index (Phi) is 6.07. The summed E-state index contributed by atoms with van der Waals surface area (Å²) in [5.74, 6) is -0.423. The molecule has 0 aliphatic heterocycles. The Morgan fingerprint density at radius 1 is 1.57 bits per heavy atom. The van der Waals surface area contributed by atoms with Crippen LogP contribution in [0.2, 0.25) is 5.02 Å². The lowest BCUT2D eigenvalue weighted by molar-refractivity contribution is -0.117. The van der Waals surface area contributed by atoms with E-state index in [9.17, 15) is 9.90 Å². The lowest BCUT2D eigenvalue weighted by Crippen LogP contribution is -2.30. The third kappa shape index (κ3) is 4.69. The average molecular weight is 309 g/mol. The molecule has 0 aliphatic rings. The van der Waals surface area contributed by atoms with Crippen LogP contribution in [0.1, 0.15) is 26.3 Å². The monoisotopic (exact) mass is 308 g/mol. The third-order valence-corrected chi connectivity index (χ3v) is 2.73. The molecule has 112 valence electrons. The van der Waals surface area contributed by atoms with Crippen molar-refractivity contribution in [2.24, 2.45) is 0 Å². The van der Waals surface area contributed by atoms with Gasteiger partial charge in [0.25, 0.3) is 5.91 Å². The van der Waals surface area contributed by atoms with Crippen LogP contribution in [0.3, 0.4) is 0 Å². The number of nitrogens with one attached hydrogen (secondary N) is 1. The van der Waals surface area contributed by atoms with E-state index in [1.165, 1.54) is 18.2 Å². The van der Waals surface area contributed by atoms with Gasteiger partial charge in [0, 0.05) is 6.04 Å². The normalized spacial score (nSPS) is 11.1. The number of benzene rings is 1.